The van der Waals surface area contributed by atoms with E-state index in [2.05, 4.69) is 32.9 Å². The number of hydrogen-bond donors (Lipinski definition) is 0. The first-order valence-corrected chi connectivity index (χ1v) is 5.89. The normalized spacial score (nSPS) is 11.2. The van der Waals surface area contributed by atoms with Gasteiger partial charge in [-0.1, -0.05) is 51.1 Å². The van der Waals surface area contributed by atoms with E-state index in [0.29, 0.717) is 0 Å². The van der Waals surface area contributed by atoms with Crippen LogP contribution < -0.4 is 4.74 Å². The van der Waals surface area contributed by atoms with Gasteiger partial charge in [-0.05, 0) is 35.2 Å². The largest absolute Gasteiger partial charge is 0.457 e. The molecule has 0 fully saturated rings. The Hall–Kier alpha value is -1.76. The summed E-state index contributed by atoms with van der Waals surface area (Å²) in [4.78, 5) is 0. The average molecular weight is 226 g/mol. The standard InChI is InChI=1S/C16H18O/c1-16(2,3)13-8-7-11-15(12-13)17-14-9-5-4-6-10-14/h4-12H,1-3H3. The minimum Gasteiger partial charge on any atom is -0.457 e. The van der Waals surface area contributed by atoms with Crippen molar-refractivity contribution >= 4 is 0 Å². The summed E-state index contributed by atoms with van der Waals surface area (Å²) in [6.45, 7) is 6.61. The molecular weight excluding hydrogens is 208 g/mol. The molecule has 0 saturated heterocycles. The molecule has 17 heavy (non-hydrogen) atoms. The molecular formula is C16H18O. The average Bonchev–Trinajstić information content (AvgIpc) is 2.29. The molecule has 0 aliphatic rings. The van der Waals surface area contributed by atoms with Gasteiger partial charge in [0.25, 0.3) is 0 Å². The van der Waals surface area contributed by atoms with Crippen molar-refractivity contribution in [1.29, 1.82) is 0 Å². The molecule has 0 radical (unpaired) electrons. The third-order valence-corrected chi connectivity index (χ3v) is 2.68. The highest BCUT2D eigenvalue weighted by molar-refractivity contribution is 5.36. The lowest BCUT2D eigenvalue weighted by molar-refractivity contribution is 0.478. The van der Waals surface area contributed by atoms with Crippen molar-refractivity contribution in [2.45, 2.75) is 26.2 Å². The molecule has 0 saturated carbocycles. The number of ether oxygens (including phenoxy) is 1. The van der Waals surface area contributed by atoms with Crippen molar-refractivity contribution in [1.82, 2.24) is 0 Å². The zero-order chi connectivity index (χ0) is 12.3. The summed E-state index contributed by atoms with van der Waals surface area (Å²) in [5.41, 5.74) is 1.43. The second-order valence-corrected chi connectivity index (χ2v) is 5.19. The van der Waals surface area contributed by atoms with Crippen molar-refractivity contribution in [3.8, 4) is 11.5 Å². The van der Waals surface area contributed by atoms with Gasteiger partial charge in [-0.2, -0.15) is 0 Å². The van der Waals surface area contributed by atoms with E-state index >= 15 is 0 Å². The van der Waals surface area contributed by atoms with Crippen LogP contribution in [0, 0.1) is 0 Å². The van der Waals surface area contributed by atoms with Gasteiger partial charge < -0.3 is 4.74 Å². The van der Waals surface area contributed by atoms with Gasteiger partial charge in [0.1, 0.15) is 11.5 Å². The predicted octanol–water partition coefficient (Wildman–Crippen LogP) is 4.78. The van der Waals surface area contributed by atoms with Crippen LogP contribution >= 0.6 is 0 Å². The molecule has 0 bridgehead atoms. The summed E-state index contributed by atoms with van der Waals surface area (Å²) in [6.07, 6.45) is 0. The molecule has 0 aliphatic carbocycles. The Morgan fingerprint density at radius 2 is 1.41 bits per heavy atom. The Kier molecular flexibility index (Phi) is 3.19. The molecule has 0 amide bonds. The van der Waals surface area contributed by atoms with Crippen LogP contribution in [0.2, 0.25) is 0 Å². The van der Waals surface area contributed by atoms with E-state index in [4.69, 9.17) is 4.74 Å². The highest BCUT2D eigenvalue weighted by atomic mass is 16.5. The molecule has 2 rings (SSSR count). The van der Waals surface area contributed by atoms with Crippen LogP contribution in [0.25, 0.3) is 0 Å². The fraction of sp³-hybridized carbons (Fsp3) is 0.250. The Labute approximate surface area is 103 Å². The SMILES string of the molecule is CC(C)(C)c1cccc(Oc2ccccc2)c1. The second kappa shape index (κ2) is 4.62. The molecule has 1 nitrogen and oxygen atoms in total. The number of hydrogen-bond acceptors (Lipinski definition) is 1. The zero-order valence-corrected chi connectivity index (χ0v) is 10.6. The molecule has 0 aliphatic heterocycles. The van der Waals surface area contributed by atoms with Crippen LogP contribution in [0.5, 0.6) is 11.5 Å². The summed E-state index contributed by atoms with van der Waals surface area (Å²) >= 11 is 0. The third-order valence-electron chi connectivity index (χ3n) is 2.68. The highest BCUT2D eigenvalue weighted by Gasteiger charge is 2.13. The Bertz CT molecular complexity index is 480. The fourth-order valence-electron chi connectivity index (χ4n) is 1.65. The van der Waals surface area contributed by atoms with E-state index in [1.54, 1.807) is 0 Å². The summed E-state index contributed by atoms with van der Waals surface area (Å²) < 4.78 is 5.81. The molecule has 2 aromatic carbocycles. The number of rotatable bonds is 2. The van der Waals surface area contributed by atoms with Crippen molar-refractivity contribution in [3.63, 3.8) is 0 Å². The van der Waals surface area contributed by atoms with E-state index in [1.807, 2.05) is 42.5 Å². The maximum Gasteiger partial charge on any atom is 0.127 e. The van der Waals surface area contributed by atoms with Gasteiger partial charge in [-0.15, -0.1) is 0 Å². The molecule has 0 unspecified atom stereocenters. The molecule has 2 aromatic rings. The topological polar surface area (TPSA) is 9.23 Å². The second-order valence-electron chi connectivity index (χ2n) is 5.19. The summed E-state index contributed by atoms with van der Waals surface area (Å²) in [5, 5.41) is 0. The minimum atomic E-state index is 0.149. The molecule has 0 heterocycles. The van der Waals surface area contributed by atoms with Crippen molar-refractivity contribution in [2.24, 2.45) is 0 Å². The van der Waals surface area contributed by atoms with Gasteiger partial charge in [-0.3, -0.25) is 0 Å². The first-order chi connectivity index (χ1) is 8.05. The van der Waals surface area contributed by atoms with Crippen molar-refractivity contribution < 1.29 is 4.74 Å². The quantitative estimate of drug-likeness (QED) is 0.716. The minimum absolute atomic E-state index is 0.149. The van der Waals surface area contributed by atoms with Crippen LogP contribution in [0.1, 0.15) is 26.3 Å². The van der Waals surface area contributed by atoms with E-state index in [0.717, 1.165) is 11.5 Å². The van der Waals surface area contributed by atoms with Crippen LogP contribution in [0.3, 0.4) is 0 Å². The van der Waals surface area contributed by atoms with E-state index in [-0.39, 0.29) is 5.41 Å². The summed E-state index contributed by atoms with van der Waals surface area (Å²) in [7, 11) is 0. The molecule has 88 valence electrons. The number of benzene rings is 2. The summed E-state index contributed by atoms with van der Waals surface area (Å²) in [6, 6.07) is 18.1. The Morgan fingerprint density at radius 3 is 2.06 bits per heavy atom. The molecule has 1 heteroatoms. The number of para-hydroxylation sites is 1. The molecule has 0 N–H and O–H groups in total. The van der Waals surface area contributed by atoms with Gasteiger partial charge >= 0.3 is 0 Å². The smallest absolute Gasteiger partial charge is 0.127 e. The predicted molar refractivity (Wildman–Crippen MR) is 71.7 cm³/mol. The Morgan fingerprint density at radius 1 is 0.765 bits per heavy atom. The fourth-order valence-corrected chi connectivity index (χ4v) is 1.65. The first kappa shape index (κ1) is 11.7. The molecule has 0 aromatic heterocycles. The van der Waals surface area contributed by atoms with Gasteiger partial charge in [0.15, 0.2) is 0 Å². The monoisotopic (exact) mass is 226 g/mol. The van der Waals surface area contributed by atoms with Crippen LogP contribution in [0.4, 0.5) is 0 Å². The van der Waals surface area contributed by atoms with E-state index < -0.39 is 0 Å². The van der Waals surface area contributed by atoms with Crippen molar-refractivity contribution in [3.05, 3.63) is 60.2 Å². The maximum atomic E-state index is 5.81. The third kappa shape index (κ3) is 3.10. The van der Waals surface area contributed by atoms with Gasteiger partial charge in [0.2, 0.25) is 0 Å². The van der Waals surface area contributed by atoms with Crippen LogP contribution in [-0.4, -0.2) is 0 Å². The van der Waals surface area contributed by atoms with E-state index in [9.17, 15) is 0 Å². The maximum absolute atomic E-state index is 5.81. The first-order valence-electron chi connectivity index (χ1n) is 5.89. The lowest BCUT2D eigenvalue weighted by Gasteiger charge is -2.19. The van der Waals surface area contributed by atoms with Gasteiger partial charge in [-0.25, -0.2) is 0 Å². The lowest BCUT2D eigenvalue weighted by atomic mass is 9.87. The van der Waals surface area contributed by atoms with Crippen LogP contribution in [-0.2, 0) is 5.41 Å². The molecule has 0 atom stereocenters. The van der Waals surface area contributed by atoms with Crippen molar-refractivity contribution in [2.75, 3.05) is 0 Å². The van der Waals surface area contributed by atoms with Gasteiger partial charge in [0, 0.05) is 0 Å². The summed E-state index contributed by atoms with van der Waals surface area (Å²) in [5.74, 6) is 1.77. The molecule has 0 spiro atoms. The Balaban J connectivity index is 2.23. The van der Waals surface area contributed by atoms with Gasteiger partial charge in [0.05, 0.1) is 0 Å². The lowest BCUT2D eigenvalue weighted by Crippen LogP contribution is -2.10. The van der Waals surface area contributed by atoms with Crippen LogP contribution in [0.15, 0.2) is 54.6 Å². The zero-order valence-electron chi connectivity index (χ0n) is 10.6. The highest BCUT2D eigenvalue weighted by Crippen LogP contribution is 2.28. The van der Waals surface area contributed by atoms with E-state index in [1.165, 1.54) is 5.56 Å².